The van der Waals surface area contributed by atoms with Gasteiger partial charge in [0.05, 0.1) is 18.2 Å². The fourth-order valence-electron chi connectivity index (χ4n) is 12.3. The first-order valence-electron chi connectivity index (χ1n) is 32.4. The van der Waals surface area contributed by atoms with Crippen molar-refractivity contribution >= 4 is 88.9 Å². The number of ether oxygens (including phenoxy) is 3. The van der Waals surface area contributed by atoms with E-state index in [1.807, 2.05) is 72.8 Å². The normalized spacial score (nSPS) is 24.0. The molecule has 3 fully saturated rings. The number of benzene rings is 3. The Labute approximate surface area is 569 Å². The lowest BCUT2D eigenvalue weighted by Crippen LogP contribution is -2.54. The zero-order valence-corrected chi connectivity index (χ0v) is 57.2. The third-order valence-electron chi connectivity index (χ3n) is 17.7. The lowest BCUT2D eigenvalue weighted by molar-refractivity contribution is 0.138. The van der Waals surface area contributed by atoms with Crippen LogP contribution in [0.5, 0.6) is 0 Å². The van der Waals surface area contributed by atoms with Crippen LogP contribution in [0.3, 0.4) is 0 Å². The Morgan fingerprint density at radius 1 is 0.409 bits per heavy atom. The van der Waals surface area contributed by atoms with Crippen molar-refractivity contribution in [2.24, 2.45) is 17.8 Å². The number of nitriles is 3. The summed E-state index contributed by atoms with van der Waals surface area (Å²) in [4.78, 5) is 79.4. The zero-order chi connectivity index (χ0) is 65.1. The molecule has 0 spiro atoms. The highest BCUT2D eigenvalue weighted by atomic mass is 32.2. The molecule has 3 N–H and O–H groups in total. The summed E-state index contributed by atoms with van der Waals surface area (Å²) in [5, 5.41) is 39.6. The van der Waals surface area contributed by atoms with Crippen LogP contribution in [0.1, 0.15) is 130 Å². The summed E-state index contributed by atoms with van der Waals surface area (Å²) in [6.07, 6.45) is 22.4. The number of carbonyl (C=O) groups excluding carboxylic acids is 3. The molecule has 6 bridgehead atoms. The molecule has 3 amide bonds. The first kappa shape index (κ1) is 69.5. The largest absolute Gasteiger partial charge is 0.445 e. The molecule has 3 saturated heterocycles. The van der Waals surface area contributed by atoms with Crippen LogP contribution >= 0.6 is 70.6 Å². The summed E-state index contributed by atoms with van der Waals surface area (Å²) in [6.45, 7) is 1.93. The number of unbranched alkanes of at least 4 members (excludes halogenated alkanes) is 9. The van der Waals surface area contributed by atoms with Gasteiger partial charge >= 0.3 is 35.3 Å². The maximum absolute atomic E-state index is 13.9. The molecule has 93 heavy (non-hydrogen) atoms. The summed E-state index contributed by atoms with van der Waals surface area (Å²) in [5.74, 6) is 3.02. The molecule has 6 aliphatic rings. The third kappa shape index (κ3) is 18.6. The van der Waals surface area contributed by atoms with E-state index in [1.54, 1.807) is 70.6 Å². The Balaban J connectivity index is 0.623. The van der Waals surface area contributed by atoms with Gasteiger partial charge in [-0.3, -0.25) is 0 Å². The van der Waals surface area contributed by atoms with Gasteiger partial charge in [0.15, 0.2) is 12.2 Å². The number of alkyl carbamates (subject to hydrolysis) is 3. The maximum Gasteiger partial charge on any atom is 0.407 e. The van der Waals surface area contributed by atoms with E-state index in [4.69, 9.17) is 14.2 Å². The molecule has 3 aliphatic carbocycles. The van der Waals surface area contributed by atoms with Crippen molar-refractivity contribution in [1.29, 1.82) is 15.8 Å². The fourth-order valence-corrected chi connectivity index (χ4v) is 21.8. The van der Waals surface area contributed by atoms with E-state index in [0.29, 0.717) is 93.2 Å². The van der Waals surface area contributed by atoms with Crippen LogP contribution in [-0.2, 0) is 70.9 Å². The zero-order valence-electron chi connectivity index (χ0n) is 52.3. The molecule has 9 unspecified atom stereocenters. The summed E-state index contributed by atoms with van der Waals surface area (Å²) in [7, 11) is 0. The highest BCUT2D eigenvalue weighted by molar-refractivity contribution is 8.19. The van der Waals surface area contributed by atoms with E-state index < -0.39 is 47.6 Å². The quantitative estimate of drug-likeness (QED) is 0.0217. The van der Waals surface area contributed by atoms with E-state index in [9.17, 15) is 44.6 Å². The third-order valence-corrected chi connectivity index (χ3v) is 27.7. The minimum absolute atomic E-state index is 0.124. The predicted octanol–water partition coefficient (Wildman–Crippen LogP) is 13.1. The summed E-state index contributed by atoms with van der Waals surface area (Å²) in [6, 6.07) is 31.4. The minimum Gasteiger partial charge on any atom is -0.445 e. The van der Waals surface area contributed by atoms with E-state index in [0.717, 1.165) is 103 Å². The van der Waals surface area contributed by atoms with Crippen molar-refractivity contribution in [1.82, 2.24) is 29.7 Å². The first-order chi connectivity index (χ1) is 45.3. The van der Waals surface area contributed by atoms with E-state index in [1.165, 1.54) is 0 Å². The molecule has 4 heterocycles. The molecule has 1 aromatic heterocycles. The molecule has 18 nitrogen and oxygen atoms in total. The smallest absolute Gasteiger partial charge is 0.407 e. The molecular weight excluding hydrogens is 1290 g/mol. The molecule has 0 radical (unpaired) electrons. The molecule has 9 atom stereocenters. The fraction of sp³-hybridized carbons (Fsp3) is 0.522. The van der Waals surface area contributed by atoms with Gasteiger partial charge in [-0.15, -0.1) is 70.6 Å². The monoisotopic (exact) mass is 1370 g/mol. The van der Waals surface area contributed by atoms with Gasteiger partial charge in [-0.25, -0.2) is 42.5 Å². The van der Waals surface area contributed by atoms with Crippen LogP contribution in [0, 0.1) is 51.7 Å². The lowest BCUT2D eigenvalue weighted by atomic mass is 10.1. The number of fused-ring (bicyclic) bond motifs is 6. The standard InChI is InChI=1S/C69H81N9O9S6/c70-46-67(55-25-28-58(37-55)91-67)88-43-52-19-13-49(14-20-52)40-85-61(79)73-31-7-1-4-10-34-76-64(82)77(35-11-5-2-8-32-74-62(80)86-41-50-15-21-53(22-16-50)44-89-68(47-71)56-26-29-59(38-56)92-68)66(84)78(65(76)83)36-12-6-3-9-33-75-63(81)87-42-51-17-23-54(24-18-51)45-90-69(48-72)57-27-30-60(39-57)93-69/h13-30,55-60H,1-12,31-45H2,(H,73,79)(H,74,80)(H,75,81). The van der Waals surface area contributed by atoms with Crippen LogP contribution in [0.15, 0.2) is 124 Å². The Morgan fingerprint density at radius 3 is 0.903 bits per heavy atom. The average Bonchev–Trinajstić information content (AvgIpc) is 1.73. The highest BCUT2D eigenvalue weighted by Crippen LogP contribution is 2.61. The number of rotatable bonds is 36. The topological polar surface area (TPSA) is 252 Å². The van der Waals surface area contributed by atoms with Crippen molar-refractivity contribution in [2.45, 2.75) is 181 Å². The van der Waals surface area contributed by atoms with Crippen molar-refractivity contribution < 1.29 is 28.6 Å². The number of hydrogen-bond acceptors (Lipinski definition) is 18. The minimum atomic E-state index is -0.640. The second-order valence-electron chi connectivity index (χ2n) is 24.4. The summed E-state index contributed by atoms with van der Waals surface area (Å²) < 4.78 is 18.6. The molecule has 3 aliphatic heterocycles. The van der Waals surface area contributed by atoms with Gasteiger partial charge in [0, 0.05) is 90.0 Å². The predicted molar refractivity (Wildman–Crippen MR) is 373 cm³/mol. The van der Waals surface area contributed by atoms with E-state index in [-0.39, 0.29) is 57.2 Å². The van der Waals surface area contributed by atoms with E-state index >= 15 is 0 Å². The van der Waals surface area contributed by atoms with Gasteiger partial charge in [-0.2, -0.15) is 15.8 Å². The van der Waals surface area contributed by atoms with Gasteiger partial charge < -0.3 is 30.2 Å². The van der Waals surface area contributed by atoms with Crippen LogP contribution in [0.25, 0.3) is 0 Å². The Morgan fingerprint density at radius 2 is 0.667 bits per heavy atom. The number of allylic oxidation sites excluding steroid dienone is 3. The number of nitrogens with zero attached hydrogens (tertiary/aromatic N) is 6. The number of nitrogens with one attached hydrogen (secondary N) is 3. The number of carbonyl (C=O) groups is 3. The second-order valence-corrected chi connectivity index (χ2v) is 33.3. The maximum atomic E-state index is 13.9. The molecule has 4 aromatic rings. The molecule has 492 valence electrons. The van der Waals surface area contributed by atoms with Gasteiger partial charge in [-0.05, 0) is 91.2 Å². The van der Waals surface area contributed by atoms with Crippen LogP contribution in [0.4, 0.5) is 14.4 Å². The Bertz CT molecular complexity index is 3250. The Kier molecular flexibility index (Phi) is 25.3. The number of hydrogen-bond donors (Lipinski definition) is 3. The second kappa shape index (κ2) is 33.9. The highest BCUT2D eigenvalue weighted by Gasteiger charge is 2.52. The number of amides is 3. The molecule has 10 rings (SSSR count). The lowest BCUT2D eigenvalue weighted by Gasteiger charge is -2.26. The van der Waals surface area contributed by atoms with Crippen molar-refractivity contribution in [3.05, 3.63) is 174 Å². The summed E-state index contributed by atoms with van der Waals surface area (Å²) in [5.41, 5.74) is 3.99. The van der Waals surface area contributed by atoms with Crippen molar-refractivity contribution in [3.63, 3.8) is 0 Å². The van der Waals surface area contributed by atoms with Crippen molar-refractivity contribution in [2.75, 3.05) is 19.6 Å². The molecule has 24 heteroatoms. The summed E-state index contributed by atoms with van der Waals surface area (Å²) >= 11 is 10.3. The van der Waals surface area contributed by atoms with Crippen molar-refractivity contribution in [3.8, 4) is 18.2 Å². The molecule has 3 aromatic carbocycles. The van der Waals surface area contributed by atoms with Crippen LogP contribution < -0.4 is 33.0 Å². The van der Waals surface area contributed by atoms with Crippen LogP contribution in [0.2, 0.25) is 0 Å². The number of aromatic nitrogens is 3. The van der Waals surface area contributed by atoms with Gasteiger partial charge in [-0.1, -0.05) is 148 Å². The number of thioether (sulfide) groups is 6. The average molecular weight is 1370 g/mol. The first-order valence-corrected chi connectivity index (χ1v) is 38.0. The van der Waals surface area contributed by atoms with Crippen LogP contribution in [-0.4, -0.2) is 79.6 Å². The SMILES string of the molecule is N#CC1(SCc2ccc(COC(=O)NCCCCCCn3c(=O)n(CCCCCCNC(=O)OCc4ccc(CSC5(C#N)SC6C=CC5C6)cc4)c(=O)n(CCCCCCNC(=O)OCc4ccc(CSC5(C#N)SC6C=CC5C6)cc4)c3=O)cc2)SC2C=CC1C2. The van der Waals surface area contributed by atoms with Gasteiger partial charge in [0.1, 0.15) is 19.8 Å². The molecule has 0 saturated carbocycles. The van der Waals surface area contributed by atoms with Gasteiger partial charge in [0.25, 0.3) is 0 Å². The Hall–Kier alpha value is -6.33. The van der Waals surface area contributed by atoms with Gasteiger partial charge in [0.2, 0.25) is 0 Å². The molecular formula is C69H81N9O9S6. The van der Waals surface area contributed by atoms with E-state index in [2.05, 4.69) is 70.6 Å².